The van der Waals surface area contributed by atoms with Crippen molar-refractivity contribution in [2.75, 3.05) is 17.7 Å². The van der Waals surface area contributed by atoms with Crippen molar-refractivity contribution in [2.24, 2.45) is 4.40 Å². The van der Waals surface area contributed by atoms with Gasteiger partial charge in [-0.05, 0) is 12.2 Å². The summed E-state index contributed by atoms with van der Waals surface area (Å²) in [6.45, 7) is 0.120. The Labute approximate surface area is 160 Å². The Morgan fingerprint density at radius 1 is 1.24 bits per heavy atom. The molecule has 0 aromatic carbocycles. The third-order valence-electron chi connectivity index (χ3n) is 3.93. The van der Waals surface area contributed by atoms with Gasteiger partial charge < -0.3 is 4.90 Å². The van der Waals surface area contributed by atoms with Gasteiger partial charge in [-0.15, -0.1) is 4.40 Å². The van der Waals surface area contributed by atoms with Crippen molar-refractivity contribution in [1.29, 1.82) is 0 Å². The maximum Gasteiger partial charge on any atom is 0.433 e. The lowest BCUT2D eigenvalue weighted by Crippen LogP contribution is -2.39. The summed E-state index contributed by atoms with van der Waals surface area (Å²) in [6.07, 6.45) is 0.394. The van der Waals surface area contributed by atoms with Gasteiger partial charge in [-0.2, -0.15) is 27.8 Å². The van der Waals surface area contributed by atoms with Crippen LogP contribution >= 0.6 is 0 Å². The van der Waals surface area contributed by atoms with E-state index in [0.717, 1.165) is 10.8 Å². The van der Waals surface area contributed by atoms with Crippen LogP contribution in [-0.2, 0) is 21.0 Å². The standard InChI is InChI=1S/C14H11F3N8O3S/c15-14(16,17)9-5-11(25-13(20-9)18-7-19-25)21-22-12(26)8-1-2-10-23-29(27,28)4-3-24(10)6-8/h1-2,5-7,21H,3-4H2,(H,22,26). The fourth-order valence-corrected chi connectivity index (χ4v) is 3.54. The molecule has 0 bridgehead atoms. The molecule has 0 fully saturated rings. The third-order valence-corrected chi connectivity index (χ3v) is 5.10. The van der Waals surface area contributed by atoms with E-state index in [4.69, 9.17) is 0 Å². The molecule has 11 nitrogen and oxygen atoms in total. The van der Waals surface area contributed by atoms with Crippen LogP contribution in [-0.4, -0.2) is 56.9 Å². The van der Waals surface area contributed by atoms with Crippen molar-refractivity contribution in [3.05, 3.63) is 42.0 Å². The van der Waals surface area contributed by atoms with Gasteiger partial charge in [0.05, 0.1) is 11.3 Å². The molecule has 152 valence electrons. The first-order chi connectivity index (χ1) is 13.6. The van der Waals surface area contributed by atoms with E-state index in [0.29, 0.717) is 6.07 Å². The third kappa shape index (κ3) is 3.75. The van der Waals surface area contributed by atoms with E-state index in [1.54, 1.807) is 0 Å². The molecule has 0 unspecified atom stereocenters. The Hall–Kier alpha value is -3.49. The van der Waals surface area contributed by atoms with Gasteiger partial charge in [-0.3, -0.25) is 15.6 Å². The van der Waals surface area contributed by atoms with E-state index < -0.39 is 27.8 Å². The van der Waals surface area contributed by atoms with E-state index in [1.807, 2.05) is 0 Å². The van der Waals surface area contributed by atoms with Crippen molar-refractivity contribution in [3.63, 3.8) is 0 Å². The van der Waals surface area contributed by atoms with Crippen molar-refractivity contribution >= 4 is 33.4 Å². The average molecular weight is 428 g/mol. The fraction of sp³-hybridized carbons (Fsp3) is 0.214. The van der Waals surface area contributed by atoms with Crippen LogP contribution in [0, 0.1) is 0 Å². The largest absolute Gasteiger partial charge is 0.433 e. The van der Waals surface area contributed by atoms with Gasteiger partial charge in [0.1, 0.15) is 12.2 Å². The number of alkyl halides is 3. The molecule has 4 heterocycles. The van der Waals surface area contributed by atoms with Crippen molar-refractivity contribution in [3.8, 4) is 0 Å². The molecule has 2 aliphatic heterocycles. The van der Waals surface area contributed by atoms with Crippen LogP contribution in [0.25, 0.3) is 5.78 Å². The number of anilines is 1. The SMILES string of the molecule is O=C(NNc1cc(C(F)(F)F)nc2ncnn12)C1=CN2CCS(=O)(=O)N=C2C=C1. The first-order valence-corrected chi connectivity index (χ1v) is 9.57. The second kappa shape index (κ2) is 6.54. The Balaban J connectivity index is 1.53. The van der Waals surface area contributed by atoms with Gasteiger partial charge in [0.25, 0.3) is 21.7 Å². The average Bonchev–Trinajstić information content (AvgIpc) is 3.13. The number of nitrogens with zero attached hydrogens (tertiary/aromatic N) is 6. The summed E-state index contributed by atoms with van der Waals surface area (Å²) in [6, 6.07) is 0.674. The normalized spacial score (nSPS) is 18.1. The molecule has 2 aromatic heterocycles. The van der Waals surface area contributed by atoms with E-state index in [1.165, 1.54) is 23.3 Å². The van der Waals surface area contributed by atoms with Gasteiger partial charge in [0, 0.05) is 18.8 Å². The van der Waals surface area contributed by atoms with Gasteiger partial charge in [0.2, 0.25) is 0 Å². The number of hydrogen-bond acceptors (Lipinski definition) is 8. The van der Waals surface area contributed by atoms with Crippen LogP contribution < -0.4 is 10.9 Å². The number of sulfonamides is 1. The van der Waals surface area contributed by atoms with Crippen LogP contribution in [0.4, 0.5) is 19.0 Å². The Morgan fingerprint density at radius 2 is 2.03 bits per heavy atom. The number of hydrogen-bond donors (Lipinski definition) is 2. The first-order valence-electron chi connectivity index (χ1n) is 7.96. The molecular weight excluding hydrogens is 417 g/mol. The van der Waals surface area contributed by atoms with Gasteiger partial charge in [-0.25, -0.2) is 13.4 Å². The van der Waals surface area contributed by atoms with E-state index in [2.05, 4.69) is 30.3 Å². The molecule has 1 amide bonds. The lowest BCUT2D eigenvalue weighted by Gasteiger charge is -2.27. The summed E-state index contributed by atoms with van der Waals surface area (Å²) in [4.78, 5) is 20.8. The Bertz CT molecular complexity index is 1200. The molecule has 15 heteroatoms. The number of hydrazine groups is 1. The fourth-order valence-electron chi connectivity index (χ4n) is 2.57. The first kappa shape index (κ1) is 18.9. The Kier molecular flexibility index (Phi) is 4.25. The quantitative estimate of drug-likeness (QED) is 0.657. The number of rotatable bonds is 3. The maximum atomic E-state index is 13.0. The summed E-state index contributed by atoms with van der Waals surface area (Å²) >= 11 is 0. The molecule has 0 spiro atoms. The molecule has 2 N–H and O–H groups in total. The van der Waals surface area contributed by atoms with Gasteiger partial charge in [-0.1, -0.05) is 0 Å². The monoisotopic (exact) mass is 428 g/mol. The molecule has 4 rings (SSSR count). The maximum absolute atomic E-state index is 13.0. The summed E-state index contributed by atoms with van der Waals surface area (Å²) in [5, 5.41) is 3.75. The number of fused-ring (bicyclic) bond motifs is 2. The topological polar surface area (TPSA) is 134 Å². The predicted molar refractivity (Wildman–Crippen MR) is 92.7 cm³/mol. The highest BCUT2D eigenvalue weighted by atomic mass is 32.2. The molecule has 0 radical (unpaired) electrons. The predicted octanol–water partition coefficient (Wildman–Crippen LogP) is 0.0838. The van der Waals surface area contributed by atoms with Crippen molar-refractivity contribution in [2.45, 2.75) is 6.18 Å². The molecule has 0 saturated heterocycles. The van der Waals surface area contributed by atoms with Crippen molar-refractivity contribution < 1.29 is 26.4 Å². The minimum Gasteiger partial charge on any atom is -0.330 e. The van der Waals surface area contributed by atoms with Crippen LogP contribution in [0.15, 0.2) is 40.7 Å². The molecule has 0 atom stereocenters. The second-order valence-electron chi connectivity index (χ2n) is 5.92. The highest BCUT2D eigenvalue weighted by molar-refractivity contribution is 7.90. The minimum absolute atomic E-state index is 0.120. The number of halogens is 3. The molecule has 2 aromatic rings. The van der Waals surface area contributed by atoms with E-state index >= 15 is 0 Å². The Morgan fingerprint density at radius 3 is 2.79 bits per heavy atom. The minimum atomic E-state index is -4.72. The van der Waals surface area contributed by atoms with Gasteiger partial charge >= 0.3 is 6.18 Å². The number of nitrogens with one attached hydrogen (secondary N) is 2. The molecular formula is C14H11F3N8O3S. The molecule has 29 heavy (non-hydrogen) atoms. The van der Waals surface area contributed by atoms with E-state index in [9.17, 15) is 26.4 Å². The van der Waals surface area contributed by atoms with Gasteiger partial charge in [0.15, 0.2) is 11.5 Å². The van der Waals surface area contributed by atoms with Crippen LogP contribution in [0.2, 0.25) is 0 Å². The molecule has 2 aliphatic rings. The van der Waals surface area contributed by atoms with Crippen LogP contribution in [0.3, 0.4) is 0 Å². The summed E-state index contributed by atoms with van der Waals surface area (Å²) in [5.74, 6) is -1.21. The van der Waals surface area contributed by atoms with Crippen LogP contribution in [0.1, 0.15) is 5.69 Å². The smallest absolute Gasteiger partial charge is 0.330 e. The number of amides is 1. The zero-order chi connectivity index (χ0) is 20.8. The number of carbonyl (C=O) groups is 1. The number of amidine groups is 1. The zero-order valence-electron chi connectivity index (χ0n) is 14.3. The lowest BCUT2D eigenvalue weighted by atomic mass is 10.2. The van der Waals surface area contributed by atoms with E-state index in [-0.39, 0.29) is 35.3 Å². The summed E-state index contributed by atoms with van der Waals surface area (Å²) in [5.41, 5.74) is 3.56. The number of aromatic nitrogens is 4. The van der Waals surface area contributed by atoms with Crippen LogP contribution in [0.5, 0.6) is 0 Å². The lowest BCUT2D eigenvalue weighted by molar-refractivity contribution is -0.141. The zero-order valence-corrected chi connectivity index (χ0v) is 15.1. The second-order valence-corrected chi connectivity index (χ2v) is 7.68. The summed E-state index contributed by atoms with van der Waals surface area (Å²) < 4.78 is 66.6. The number of carbonyl (C=O) groups excluding carboxylic acids is 1. The summed E-state index contributed by atoms with van der Waals surface area (Å²) in [7, 11) is -3.53. The molecule has 0 aliphatic carbocycles. The molecule has 0 saturated carbocycles. The van der Waals surface area contributed by atoms with Crippen molar-refractivity contribution in [1.82, 2.24) is 29.9 Å². The highest BCUT2D eigenvalue weighted by Crippen LogP contribution is 2.29. The highest BCUT2D eigenvalue weighted by Gasteiger charge is 2.34.